The van der Waals surface area contributed by atoms with Gasteiger partial charge in [0.05, 0.1) is 78.7 Å². The van der Waals surface area contributed by atoms with Crippen molar-refractivity contribution in [2.24, 2.45) is 0 Å². The van der Waals surface area contributed by atoms with Gasteiger partial charge in [0.1, 0.15) is 84.6 Å². The van der Waals surface area contributed by atoms with Gasteiger partial charge in [-0.3, -0.25) is 38.6 Å². The SMILES string of the molecule is COc1cccc2c1C(=O)c1c(O)c3c(c(O)c1C2=O)C[C@@](O)(C(=O)CO)CC3OC1C[C@H]2C(OCN3CN2COC2C3C[C@H](O[C@H]3C[C@](O)(C(=O)CO)Cc4c(O)c5c(c(O)c43)C(=O)c3c(OC)cccc3C5=O)O[C@H]2C)C(C)O1. The van der Waals surface area contributed by atoms with Crippen LogP contribution in [-0.2, 0) is 50.9 Å². The molecule has 2 bridgehead atoms. The molecule has 4 aromatic rings. The van der Waals surface area contributed by atoms with Crippen molar-refractivity contribution < 1.29 is 108 Å². The Balaban J connectivity index is 0.823. The van der Waals surface area contributed by atoms with Crippen LogP contribution < -0.4 is 9.47 Å². The Labute approximate surface area is 460 Å². The Kier molecular flexibility index (Phi) is 13.5. The number of Topliss-reactive ketones (excluding diaryl/α,β-unsaturated/α-hetero) is 2. The molecule has 8 unspecified atom stereocenters. The number of ketones is 6. The molecule has 0 saturated carbocycles. The van der Waals surface area contributed by atoms with E-state index < -0.39 is 191 Å². The highest BCUT2D eigenvalue weighted by Gasteiger charge is 2.55. The van der Waals surface area contributed by atoms with Crippen LogP contribution in [-0.4, -0.2) is 193 Å². The fourth-order valence-corrected chi connectivity index (χ4v) is 13.6. The Morgan fingerprint density at radius 3 is 1.33 bits per heavy atom. The van der Waals surface area contributed by atoms with E-state index in [2.05, 4.69) is 0 Å². The van der Waals surface area contributed by atoms with E-state index in [9.17, 15) is 69.6 Å². The van der Waals surface area contributed by atoms with Gasteiger partial charge in [0.15, 0.2) is 35.7 Å². The van der Waals surface area contributed by atoms with Crippen molar-refractivity contribution in [3.63, 3.8) is 0 Å². The lowest BCUT2D eigenvalue weighted by Gasteiger charge is -2.46. The third-order valence-electron chi connectivity index (χ3n) is 17.6. The Morgan fingerprint density at radius 2 is 0.963 bits per heavy atom. The second-order valence-corrected chi connectivity index (χ2v) is 22.0. The molecule has 24 nitrogen and oxygen atoms in total. The fraction of sp³-hybridized carbons (Fsp3) is 0.474. The van der Waals surface area contributed by atoms with Gasteiger partial charge in [0.2, 0.25) is 11.6 Å². The third-order valence-corrected chi connectivity index (χ3v) is 17.6. The van der Waals surface area contributed by atoms with Gasteiger partial charge in [-0.15, -0.1) is 0 Å². The number of ether oxygens (including phenoxy) is 8. The average Bonchev–Trinajstić information content (AvgIpc) is 2.41. The minimum absolute atomic E-state index is 0.0188. The molecule has 14 atom stereocenters. The molecule has 0 amide bonds. The minimum atomic E-state index is -2.38. The van der Waals surface area contributed by atoms with E-state index in [4.69, 9.17) is 37.9 Å². The number of methoxy groups -OCH3 is 2. The largest absolute Gasteiger partial charge is 0.507 e. The van der Waals surface area contributed by atoms with Crippen LogP contribution in [0.5, 0.6) is 34.5 Å². The quantitative estimate of drug-likeness (QED) is 0.0904. The van der Waals surface area contributed by atoms with Crippen LogP contribution >= 0.6 is 0 Å². The number of hydrogen-bond acceptors (Lipinski definition) is 24. The zero-order valence-electron chi connectivity index (χ0n) is 44.2. The third kappa shape index (κ3) is 8.32. The number of phenolic OH excluding ortho intramolecular Hbond substituents is 4. The van der Waals surface area contributed by atoms with Crippen molar-refractivity contribution in [3.8, 4) is 34.5 Å². The molecule has 81 heavy (non-hydrogen) atoms. The molecule has 4 aliphatic heterocycles. The normalized spacial score (nSPS) is 32.7. The summed E-state index contributed by atoms with van der Waals surface area (Å²) < 4.78 is 50.2. The highest BCUT2D eigenvalue weighted by Crippen LogP contribution is 2.55. The molecule has 0 radical (unpaired) electrons. The van der Waals surface area contributed by atoms with E-state index in [-0.39, 0.29) is 89.0 Å². The summed E-state index contributed by atoms with van der Waals surface area (Å²) in [6.07, 6.45) is -10.3. The van der Waals surface area contributed by atoms with Crippen LogP contribution in [0.3, 0.4) is 0 Å². The van der Waals surface area contributed by atoms with Gasteiger partial charge < -0.3 is 78.7 Å². The summed E-state index contributed by atoms with van der Waals surface area (Å²) in [4.78, 5) is 87.2. The van der Waals surface area contributed by atoms with Crippen LogP contribution in [0, 0.1) is 0 Å². The van der Waals surface area contributed by atoms with Gasteiger partial charge in [0, 0.05) is 84.0 Å². The van der Waals surface area contributed by atoms with E-state index in [1.165, 1.54) is 50.6 Å². The van der Waals surface area contributed by atoms with E-state index in [0.29, 0.717) is 0 Å². The molecule has 4 saturated heterocycles. The molecule has 4 fully saturated rings. The Bertz CT molecular complexity index is 3180. The highest BCUT2D eigenvalue weighted by molar-refractivity contribution is 6.32. The smallest absolute Gasteiger partial charge is 0.202 e. The van der Waals surface area contributed by atoms with Crippen molar-refractivity contribution >= 4 is 34.7 Å². The van der Waals surface area contributed by atoms with E-state index in [1.54, 1.807) is 13.8 Å². The van der Waals surface area contributed by atoms with Crippen LogP contribution in [0.2, 0.25) is 0 Å². The highest BCUT2D eigenvalue weighted by atomic mass is 16.7. The lowest BCUT2D eigenvalue weighted by atomic mass is 9.72. The summed E-state index contributed by atoms with van der Waals surface area (Å²) in [6.45, 7) is 1.56. The number of rotatable bonds is 10. The molecule has 24 heteroatoms. The summed E-state index contributed by atoms with van der Waals surface area (Å²) in [5.74, 6) is -8.20. The van der Waals surface area contributed by atoms with Crippen LogP contribution in [0.1, 0.15) is 138 Å². The fourth-order valence-electron chi connectivity index (χ4n) is 13.6. The molecule has 8 aliphatic rings. The molecule has 12 rings (SSSR count). The molecule has 0 aromatic heterocycles. The number of fused-ring (bicyclic) bond motifs is 12. The van der Waals surface area contributed by atoms with E-state index in [1.807, 2.05) is 9.80 Å². The number of benzene rings is 4. The zero-order chi connectivity index (χ0) is 57.5. The van der Waals surface area contributed by atoms with Crippen molar-refractivity contribution in [1.29, 1.82) is 0 Å². The van der Waals surface area contributed by atoms with E-state index in [0.717, 1.165) is 0 Å². The maximum Gasteiger partial charge on any atom is 0.202 e. The summed E-state index contributed by atoms with van der Waals surface area (Å²) in [5.41, 5.74) is -8.18. The molecule has 428 valence electrons. The number of nitrogens with zero attached hydrogens (tertiary/aromatic N) is 2. The van der Waals surface area contributed by atoms with Gasteiger partial charge in [-0.2, -0.15) is 0 Å². The lowest BCUT2D eigenvalue weighted by molar-refractivity contribution is -0.280. The van der Waals surface area contributed by atoms with Crippen LogP contribution in [0.25, 0.3) is 0 Å². The van der Waals surface area contributed by atoms with Crippen molar-refractivity contribution in [1.82, 2.24) is 9.80 Å². The van der Waals surface area contributed by atoms with Crippen LogP contribution in [0.4, 0.5) is 0 Å². The average molecular weight is 1120 g/mol. The predicted octanol–water partition coefficient (Wildman–Crippen LogP) is 1.65. The second kappa shape index (κ2) is 20.0. The molecule has 4 heterocycles. The van der Waals surface area contributed by atoms with Gasteiger partial charge in [-0.1, -0.05) is 24.3 Å². The molecule has 4 aromatic carbocycles. The first-order chi connectivity index (χ1) is 38.7. The van der Waals surface area contributed by atoms with Crippen molar-refractivity contribution in [2.75, 3.05) is 47.6 Å². The number of hydrogen-bond donors (Lipinski definition) is 8. The molecule has 0 spiro atoms. The predicted molar refractivity (Wildman–Crippen MR) is 271 cm³/mol. The van der Waals surface area contributed by atoms with Crippen molar-refractivity contribution in [3.05, 3.63) is 103 Å². The summed E-state index contributed by atoms with van der Waals surface area (Å²) in [6, 6.07) is 7.60. The molecular formula is C57H58N2O22. The molecule has 8 N–H and O–H groups in total. The van der Waals surface area contributed by atoms with Gasteiger partial charge in [-0.25, -0.2) is 0 Å². The monoisotopic (exact) mass is 1120 g/mol. The van der Waals surface area contributed by atoms with E-state index >= 15 is 0 Å². The molecule has 4 aliphatic carbocycles. The summed E-state index contributed by atoms with van der Waals surface area (Å²) in [5, 5.41) is 91.9. The summed E-state index contributed by atoms with van der Waals surface area (Å²) in [7, 11) is 2.62. The number of carbonyl (C=O) groups excluding carboxylic acids is 6. The first-order valence-electron chi connectivity index (χ1n) is 26.5. The Morgan fingerprint density at radius 1 is 0.580 bits per heavy atom. The number of aliphatic hydroxyl groups is 4. The Hall–Kier alpha value is -6.78. The topological polar surface area (TPSA) is 345 Å². The lowest BCUT2D eigenvalue weighted by Crippen LogP contribution is -2.57. The maximum atomic E-state index is 14.3. The maximum absolute atomic E-state index is 14.3. The van der Waals surface area contributed by atoms with Crippen LogP contribution in [0.15, 0.2) is 36.4 Å². The summed E-state index contributed by atoms with van der Waals surface area (Å²) >= 11 is 0. The van der Waals surface area contributed by atoms with Gasteiger partial charge in [-0.05, 0) is 26.0 Å². The number of phenols is 4. The number of carbonyl (C=O) groups is 6. The minimum Gasteiger partial charge on any atom is -0.507 e. The first-order valence-corrected chi connectivity index (χ1v) is 26.5. The van der Waals surface area contributed by atoms with Gasteiger partial charge in [0.25, 0.3) is 0 Å². The van der Waals surface area contributed by atoms with Crippen molar-refractivity contribution in [2.45, 2.75) is 125 Å². The first kappa shape index (κ1) is 54.8. The number of aliphatic hydroxyl groups excluding tert-OH is 2. The number of aromatic hydroxyl groups is 4. The van der Waals surface area contributed by atoms with Gasteiger partial charge >= 0.3 is 0 Å². The zero-order valence-corrected chi connectivity index (χ0v) is 44.2. The second-order valence-electron chi connectivity index (χ2n) is 22.0. The molecular weight excluding hydrogens is 1060 g/mol. The standard InChI is InChI=1S/C57H58N2O22/c1-22-54-28(11-36(78-22)80-32-15-56(72,34(62)17-60)13-26-40(32)52(70)44-42(48(26)66)46(64)24-7-5-9-30(74-3)38(24)50(44)68)58-19-59(20-76-54)29-12-37(79-23(2)55(29)77-21-58)81-33-16-57(73,35(63)18-61)14-27-41(33)53(71)45-43(49(27)67)47(65)25-8-6-10-31(75-4)39(25)51(45)69/h5-10,22-23,28-29,32-33,36-37,54-55,60-61,66-67,70-73H,11-21H2,1-4H3/t22-,23?,28?,29-,32-,33?,36-,37?,54?,55?,56-,57-/m0/s1.